The van der Waals surface area contributed by atoms with Crippen molar-refractivity contribution in [2.75, 3.05) is 19.0 Å². The van der Waals surface area contributed by atoms with Gasteiger partial charge in [-0.2, -0.15) is 0 Å². The van der Waals surface area contributed by atoms with E-state index in [1.165, 1.54) is 19.5 Å². The van der Waals surface area contributed by atoms with Crippen LogP contribution in [0.1, 0.15) is 50.4 Å². The average molecular weight is 495 g/mol. The van der Waals surface area contributed by atoms with Crippen molar-refractivity contribution in [1.82, 2.24) is 15.0 Å². The molecule has 0 radical (unpaired) electrons. The topological polar surface area (TPSA) is 106 Å². The SMILES string of the molecule is COc1ccc(F)c(-c2ccc(CNc3cc(C(CC(=O)O)C4CC4)ncn3)nc2OCC(C)C)c1. The Morgan fingerprint density at radius 3 is 2.67 bits per heavy atom. The molecule has 0 bridgehead atoms. The zero-order valence-electron chi connectivity index (χ0n) is 20.7. The number of aromatic nitrogens is 3. The Morgan fingerprint density at radius 2 is 1.97 bits per heavy atom. The Hall–Kier alpha value is -3.75. The quantitative estimate of drug-likeness (QED) is 0.349. The monoisotopic (exact) mass is 494 g/mol. The second kappa shape index (κ2) is 11.3. The zero-order chi connectivity index (χ0) is 25.7. The van der Waals surface area contributed by atoms with Gasteiger partial charge in [-0.3, -0.25) is 4.79 Å². The predicted molar refractivity (Wildman–Crippen MR) is 134 cm³/mol. The Balaban J connectivity index is 1.55. The van der Waals surface area contributed by atoms with Gasteiger partial charge in [0.25, 0.3) is 0 Å². The fraction of sp³-hybridized carbons (Fsp3) is 0.407. The molecular formula is C27H31FN4O4. The maximum atomic E-state index is 14.7. The van der Waals surface area contributed by atoms with Crippen LogP contribution in [0.15, 0.2) is 42.7 Å². The molecule has 36 heavy (non-hydrogen) atoms. The van der Waals surface area contributed by atoms with Crippen molar-refractivity contribution >= 4 is 11.8 Å². The summed E-state index contributed by atoms with van der Waals surface area (Å²) in [6.45, 7) is 4.85. The van der Waals surface area contributed by atoms with Crippen LogP contribution in [0, 0.1) is 17.7 Å². The summed E-state index contributed by atoms with van der Waals surface area (Å²) in [4.78, 5) is 24.6. The molecule has 0 aliphatic heterocycles. The van der Waals surface area contributed by atoms with Crippen LogP contribution in [0.3, 0.4) is 0 Å². The average Bonchev–Trinajstić information content (AvgIpc) is 3.71. The molecule has 1 aliphatic carbocycles. The molecule has 0 spiro atoms. The molecule has 1 fully saturated rings. The summed E-state index contributed by atoms with van der Waals surface area (Å²) in [5.41, 5.74) is 2.31. The lowest BCUT2D eigenvalue weighted by molar-refractivity contribution is -0.137. The molecule has 9 heteroatoms. The third-order valence-corrected chi connectivity index (χ3v) is 6.04. The van der Waals surface area contributed by atoms with Crippen molar-refractivity contribution in [3.05, 3.63) is 59.9 Å². The normalized spacial score (nSPS) is 13.9. The number of rotatable bonds is 12. The standard InChI is InChI=1S/C27H31FN4O4/c1-16(2)14-36-27-20(22-10-19(35-3)7-9-23(22)28)8-6-18(32-27)13-29-25-12-24(30-15-31-25)21(11-26(33)34)17-4-5-17/h6-10,12,15-17,21H,4-5,11,13-14H2,1-3H3,(H,33,34)(H,29,30,31). The Labute approximate surface area is 209 Å². The van der Waals surface area contributed by atoms with E-state index in [0.717, 1.165) is 18.5 Å². The highest BCUT2D eigenvalue weighted by Crippen LogP contribution is 2.44. The van der Waals surface area contributed by atoms with E-state index in [-0.39, 0.29) is 18.3 Å². The van der Waals surface area contributed by atoms with Crippen molar-refractivity contribution in [3.63, 3.8) is 0 Å². The molecule has 1 aliphatic rings. The number of ether oxygens (including phenoxy) is 2. The number of hydrogen-bond acceptors (Lipinski definition) is 7. The van der Waals surface area contributed by atoms with Crippen molar-refractivity contribution in [2.45, 2.75) is 45.6 Å². The highest BCUT2D eigenvalue weighted by Gasteiger charge is 2.34. The second-order valence-electron chi connectivity index (χ2n) is 9.43. The lowest BCUT2D eigenvalue weighted by Gasteiger charge is -2.16. The minimum absolute atomic E-state index is 0.0571. The third kappa shape index (κ3) is 6.47. The first-order valence-electron chi connectivity index (χ1n) is 12.1. The summed E-state index contributed by atoms with van der Waals surface area (Å²) in [7, 11) is 1.54. The van der Waals surface area contributed by atoms with Crippen LogP contribution < -0.4 is 14.8 Å². The van der Waals surface area contributed by atoms with Crippen molar-refractivity contribution in [2.24, 2.45) is 11.8 Å². The number of hydrogen-bond donors (Lipinski definition) is 2. The largest absolute Gasteiger partial charge is 0.497 e. The van der Waals surface area contributed by atoms with E-state index in [0.29, 0.717) is 53.3 Å². The first kappa shape index (κ1) is 25.3. The van der Waals surface area contributed by atoms with Gasteiger partial charge in [0.05, 0.1) is 32.4 Å². The summed E-state index contributed by atoms with van der Waals surface area (Å²) < 4.78 is 25.9. The number of carboxylic acid groups (broad SMARTS) is 1. The molecule has 4 rings (SSSR count). The molecule has 1 atom stereocenters. The minimum atomic E-state index is -0.828. The maximum absolute atomic E-state index is 14.7. The summed E-state index contributed by atoms with van der Waals surface area (Å²) >= 11 is 0. The van der Waals surface area contributed by atoms with Gasteiger partial charge in [-0.15, -0.1) is 0 Å². The van der Waals surface area contributed by atoms with Crippen molar-refractivity contribution < 1.29 is 23.8 Å². The van der Waals surface area contributed by atoms with Crippen LogP contribution >= 0.6 is 0 Å². The van der Waals surface area contributed by atoms with Crippen LogP contribution in [0.4, 0.5) is 10.2 Å². The fourth-order valence-corrected chi connectivity index (χ4v) is 4.03. The number of benzene rings is 1. The molecule has 1 unspecified atom stereocenters. The first-order chi connectivity index (χ1) is 17.3. The number of nitrogens with zero attached hydrogens (tertiary/aromatic N) is 3. The number of halogens is 1. The van der Waals surface area contributed by atoms with Crippen molar-refractivity contribution in [1.29, 1.82) is 0 Å². The molecule has 3 aromatic rings. The zero-order valence-corrected chi connectivity index (χ0v) is 20.7. The Kier molecular flexibility index (Phi) is 7.97. The van der Waals surface area contributed by atoms with Gasteiger partial charge in [0.15, 0.2) is 0 Å². The summed E-state index contributed by atoms with van der Waals surface area (Å²) in [5.74, 6) is 0.760. The van der Waals surface area contributed by atoms with Gasteiger partial charge < -0.3 is 19.9 Å². The van der Waals surface area contributed by atoms with Crippen LogP contribution in [0.2, 0.25) is 0 Å². The molecule has 0 saturated heterocycles. The number of nitrogens with one attached hydrogen (secondary N) is 1. The van der Waals surface area contributed by atoms with E-state index < -0.39 is 11.8 Å². The molecule has 8 nitrogen and oxygen atoms in total. The first-order valence-corrected chi connectivity index (χ1v) is 12.1. The van der Waals surface area contributed by atoms with E-state index in [9.17, 15) is 14.3 Å². The number of methoxy groups -OCH3 is 1. The lowest BCUT2D eigenvalue weighted by atomic mass is 9.95. The van der Waals surface area contributed by atoms with Crippen LogP contribution in [0.25, 0.3) is 11.1 Å². The van der Waals surface area contributed by atoms with Crippen LogP contribution in [0.5, 0.6) is 11.6 Å². The van der Waals surface area contributed by atoms with Crippen LogP contribution in [-0.4, -0.2) is 39.7 Å². The Morgan fingerprint density at radius 1 is 1.17 bits per heavy atom. The molecule has 2 aromatic heterocycles. The van der Waals surface area contributed by atoms with Crippen molar-refractivity contribution in [3.8, 4) is 22.8 Å². The number of anilines is 1. The van der Waals surface area contributed by atoms with Gasteiger partial charge in [0.2, 0.25) is 5.88 Å². The van der Waals surface area contributed by atoms with Crippen LogP contribution in [-0.2, 0) is 11.3 Å². The predicted octanol–water partition coefficient (Wildman–Crippen LogP) is 5.30. The van der Waals surface area contributed by atoms with E-state index in [4.69, 9.17) is 9.47 Å². The fourth-order valence-electron chi connectivity index (χ4n) is 4.03. The molecule has 1 saturated carbocycles. The molecule has 2 N–H and O–H groups in total. The molecule has 2 heterocycles. The Bertz CT molecular complexity index is 1220. The summed E-state index contributed by atoms with van der Waals surface area (Å²) in [6.07, 6.45) is 3.55. The number of pyridine rings is 1. The third-order valence-electron chi connectivity index (χ3n) is 6.04. The van der Waals surface area contributed by atoms with Gasteiger partial charge >= 0.3 is 5.97 Å². The molecule has 190 valence electrons. The highest BCUT2D eigenvalue weighted by atomic mass is 19.1. The maximum Gasteiger partial charge on any atom is 0.304 e. The van der Waals surface area contributed by atoms with E-state index in [1.54, 1.807) is 18.2 Å². The van der Waals surface area contributed by atoms with Gasteiger partial charge in [0.1, 0.15) is 23.7 Å². The number of aliphatic carboxylic acids is 1. The van der Waals surface area contributed by atoms with Gasteiger partial charge in [-0.1, -0.05) is 13.8 Å². The van der Waals surface area contributed by atoms with E-state index >= 15 is 0 Å². The lowest BCUT2D eigenvalue weighted by Crippen LogP contribution is -2.12. The smallest absolute Gasteiger partial charge is 0.304 e. The molecule has 0 amide bonds. The number of carboxylic acids is 1. The minimum Gasteiger partial charge on any atom is -0.497 e. The molecule has 1 aromatic carbocycles. The summed E-state index contributed by atoms with van der Waals surface area (Å²) in [5, 5.41) is 12.5. The number of carbonyl (C=O) groups is 1. The van der Waals surface area contributed by atoms with E-state index in [1.807, 2.05) is 26.0 Å². The molecular weight excluding hydrogens is 463 g/mol. The van der Waals surface area contributed by atoms with Gasteiger partial charge in [-0.25, -0.2) is 19.3 Å². The van der Waals surface area contributed by atoms with Gasteiger partial charge in [0, 0.05) is 28.8 Å². The highest BCUT2D eigenvalue weighted by molar-refractivity contribution is 5.71. The van der Waals surface area contributed by atoms with E-state index in [2.05, 4.69) is 20.3 Å². The second-order valence-corrected chi connectivity index (χ2v) is 9.43. The van der Waals surface area contributed by atoms with Gasteiger partial charge in [-0.05, 0) is 55.0 Å². The summed E-state index contributed by atoms with van der Waals surface area (Å²) in [6, 6.07) is 9.97.